The first-order chi connectivity index (χ1) is 5.15. The topological polar surface area (TPSA) is 60.9 Å². The van der Waals surface area contributed by atoms with Gasteiger partial charge in [0.15, 0.2) is 7.11 Å². The van der Waals surface area contributed by atoms with E-state index >= 15 is 0 Å². The fourth-order valence-electron chi connectivity index (χ4n) is 0.613. The summed E-state index contributed by atoms with van der Waals surface area (Å²) in [5.74, 6) is -0.477. The first-order valence-corrected chi connectivity index (χ1v) is 3.64. The molecule has 0 bridgehead atoms. The molecule has 1 aromatic heterocycles. The Kier molecular flexibility index (Phi) is 1.58. The molecule has 1 heterocycles. The fraction of sp³-hybridized carbons (Fsp3) is 0.200. The van der Waals surface area contributed by atoms with Crippen LogP contribution in [0.1, 0.15) is 10.5 Å². The number of nitrogens with zero attached hydrogens (tertiary/aromatic N) is 2. The lowest BCUT2D eigenvalue weighted by atomic mass is 10.4. The molecule has 10 heavy (non-hydrogen) atoms. The van der Waals surface area contributed by atoms with Crippen molar-refractivity contribution >= 4 is 28.5 Å². The molecule has 0 aliphatic heterocycles. The highest BCUT2D eigenvalue weighted by molar-refractivity contribution is 14.1. The Balaban J connectivity index is 3.03. The Morgan fingerprint density at radius 1 is 2.10 bits per heavy atom. The van der Waals surface area contributed by atoms with Gasteiger partial charge in [0.1, 0.15) is 0 Å². The van der Waals surface area contributed by atoms with Gasteiger partial charge in [-0.3, -0.25) is 9.48 Å². The Hall–Kier alpha value is -0.590. The molecule has 0 atom stereocenters. The standard InChI is InChI=1S/C5H6IN3O/c1-9-2-3(6)4(8-9)5(7)10/h2H,1H3,(H2,7,10)/i/hD. The molecular formula is C5H6IN3O. The molecule has 5 heteroatoms. The summed E-state index contributed by atoms with van der Waals surface area (Å²) < 4.78 is 8.88. The Morgan fingerprint density at radius 2 is 2.80 bits per heavy atom. The highest BCUT2D eigenvalue weighted by Gasteiger charge is 2.08. The maximum Gasteiger partial charge on any atom is 0.270 e. The minimum Gasteiger partial charge on any atom is -0.364 e. The predicted molar refractivity (Wildman–Crippen MR) is 44.4 cm³/mol. The van der Waals surface area contributed by atoms with Crippen molar-refractivity contribution in [1.82, 2.24) is 9.78 Å². The Morgan fingerprint density at radius 3 is 3.20 bits per heavy atom. The van der Waals surface area contributed by atoms with Crippen LogP contribution in [0, 0.1) is 3.57 Å². The number of carbonyl (C=O) groups is 1. The van der Waals surface area contributed by atoms with Gasteiger partial charge >= 0.3 is 0 Å². The minimum atomic E-state index is -0.477. The van der Waals surface area contributed by atoms with E-state index in [-0.39, 0.29) is 0 Å². The monoisotopic (exact) mass is 252 g/mol. The maximum absolute atomic E-state index is 10.9. The molecular weight excluding hydrogens is 245 g/mol. The molecule has 0 saturated heterocycles. The Bertz CT molecular complexity index is 285. The summed E-state index contributed by atoms with van der Waals surface area (Å²) in [4.78, 5) is 10.9. The first kappa shape index (κ1) is 6.14. The number of rotatable bonds is 1. The zero-order chi connectivity index (χ0) is 8.43. The van der Waals surface area contributed by atoms with Crippen LogP contribution in [0.25, 0.3) is 0 Å². The van der Waals surface area contributed by atoms with E-state index in [9.17, 15) is 4.79 Å². The molecule has 1 aromatic rings. The van der Waals surface area contributed by atoms with Gasteiger partial charge in [-0.25, -0.2) is 0 Å². The fourth-order valence-corrected chi connectivity index (χ4v) is 1.37. The van der Waals surface area contributed by atoms with Gasteiger partial charge in [0.05, 0.1) is 3.57 Å². The third-order valence-corrected chi connectivity index (χ3v) is 1.79. The number of aromatic nitrogens is 2. The number of halogens is 1. The molecule has 0 aliphatic carbocycles. The van der Waals surface area contributed by atoms with E-state index in [1.807, 2.05) is 22.6 Å². The van der Waals surface area contributed by atoms with Crippen molar-refractivity contribution in [2.24, 2.45) is 12.8 Å². The number of hydrogen-bond donors (Lipinski definition) is 1. The van der Waals surface area contributed by atoms with Crippen molar-refractivity contribution in [3.05, 3.63) is 15.5 Å². The molecule has 2 N–H and O–H groups in total. The van der Waals surface area contributed by atoms with Crippen LogP contribution in [-0.2, 0) is 7.05 Å². The summed E-state index contributed by atoms with van der Waals surface area (Å²) in [6.45, 7) is 0. The van der Waals surface area contributed by atoms with Gasteiger partial charge in [-0.05, 0) is 22.6 Å². The van der Waals surface area contributed by atoms with Crippen molar-refractivity contribution in [1.29, 1.82) is 0 Å². The number of aryl methyl sites for hydroxylation is 1. The SMILES string of the molecule is [2H]NC(=O)c1nn(C)cc1I. The van der Waals surface area contributed by atoms with Gasteiger partial charge in [0.25, 0.3) is 5.91 Å². The maximum atomic E-state index is 10.9. The van der Waals surface area contributed by atoms with E-state index in [0.717, 1.165) is 3.57 Å². The van der Waals surface area contributed by atoms with Crippen LogP contribution in [0.3, 0.4) is 0 Å². The molecule has 0 radical (unpaired) electrons. The number of amides is 1. The summed E-state index contributed by atoms with van der Waals surface area (Å²) in [5.41, 5.74) is 2.06. The van der Waals surface area contributed by atoms with Crippen molar-refractivity contribution < 1.29 is 6.21 Å². The normalized spacial score (nSPS) is 10.8. The van der Waals surface area contributed by atoms with E-state index in [1.54, 1.807) is 19.0 Å². The first-order valence-electron chi connectivity index (χ1n) is 3.06. The van der Waals surface area contributed by atoms with Crippen LogP contribution in [0.5, 0.6) is 0 Å². The molecule has 1 amide bonds. The van der Waals surface area contributed by atoms with E-state index in [0.29, 0.717) is 5.69 Å². The zero-order valence-corrected chi connectivity index (χ0v) is 7.42. The molecule has 4 nitrogen and oxygen atoms in total. The summed E-state index contributed by atoms with van der Waals surface area (Å²) >= 11 is 1.99. The Labute approximate surface area is 73.0 Å². The molecule has 1 rings (SSSR count). The molecule has 0 unspecified atom stereocenters. The van der Waals surface area contributed by atoms with Crippen molar-refractivity contribution in [3.63, 3.8) is 0 Å². The van der Waals surface area contributed by atoms with Crippen LogP contribution in [-0.4, -0.2) is 15.7 Å². The van der Waals surface area contributed by atoms with Gasteiger partial charge in [0.2, 0.25) is 0 Å². The lowest BCUT2D eigenvalue weighted by molar-refractivity contribution is 0.0994. The molecule has 0 aromatic carbocycles. The largest absolute Gasteiger partial charge is 0.364 e. The lowest BCUT2D eigenvalue weighted by Gasteiger charge is -1.85. The van der Waals surface area contributed by atoms with E-state index in [4.69, 9.17) is 1.41 Å². The van der Waals surface area contributed by atoms with Crippen LogP contribution >= 0.6 is 22.6 Å². The molecule has 0 fully saturated rings. The smallest absolute Gasteiger partial charge is 0.270 e. The van der Waals surface area contributed by atoms with Crippen molar-refractivity contribution in [2.45, 2.75) is 0 Å². The molecule has 0 spiro atoms. The number of primary amides is 1. The lowest BCUT2D eigenvalue weighted by Crippen LogP contribution is -2.13. The average Bonchev–Trinajstić information content (AvgIpc) is 2.28. The second-order valence-electron chi connectivity index (χ2n) is 1.83. The van der Waals surface area contributed by atoms with Gasteiger partial charge in [0, 0.05) is 13.2 Å². The number of nitrogens with two attached hydrogens (primary N) is 1. The van der Waals surface area contributed by atoms with Gasteiger partial charge < -0.3 is 5.73 Å². The van der Waals surface area contributed by atoms with E-state index in [1.165, 1.54) is 4.68 Å². The third-order valence-electron chi connectivity index (χ3n) is 0.999. The zero-order valence-electron chi connectivity index (χ0n) is 6.26. The van der Waals surface area contributed by atoms with Crippen molar-refractivity contribution in [3.8, 4) is 0 Å². The predicted octanol–water partition coefficient (Wildman–Crippen LogP) is 0.124. The second kappa shape index (κ2) is 2.57. The number of carbonyl (C=O) groups excluding carboxylic acids is 1. The second-order valence-corrected chi connectivity index (χ2v) is 2.99. The highest BCUT2D eigenvalue weighted by Crippen LogP contribution is 2.07. The highest BCUT2D eigenvalue weighted by atomic mass is 127. The average molecular weight is 252 g/mol. The van der Waals surface area contributed by atoms with Crippen LogP contribution in [0.15, 0.2) is 6.20 Å². The molecule has 54 valence electrons. The summed E-state index contributed by atoms with van der Waals surface area (Å²) in [6.07, 6.45) is 1.71. The van der Waals surface area contributed by atoms with Gasteiger partial charge in [-0.15, -0.1) is 0 Å². The molecule has 0 aliphatic rings. The van der Waals surface area contributed by atoms with E-state index in [2.05, 4.69) is 5.10 Å². The minimum absolute atomic E-state index is 0.295. The quantitative estimate of drug-likeness (QED) is 0.722. The van der Waals surface area contributed by atoms with Gasteiger partial charge in [-0.1, -0.05) is 0 Å². The third kappa shape index (κ3) is 1.28. The summed E-state index contributed by atoms with van der Waals surface area (Å²) in [6, 6.07) is 0. The van der Waals surface area contributed by atoms with Crippen LogP contribution in [0.4, 0.5) is 0 Å². The van der Waals surface area contributed by atoms with Crippen LogP contribution in [0.2, 0.25) is 1.41 Å². The summed E-state index contributed by atoms with van der Waals surface area (Å²) in [7, 11) is 1.73. The number of hydrogen-bond acceptors (Lipinski definition) is 2. The van der Waals surface area contributed by atoms with Crippen molar-refractivity contribution in [2.75, 3.05) is 0 Å². The molecule has 0 saturated carbocycles. The van der Waals surface area contributed by atoms with E-state index < -0.39 is 5.91 Å². The van der Waals surface area contributed by atoms with Gasteiger partial charge in [-0.2, -0.15) is 5.10 Å². The summed E-state index contributed by atoms with van der Waals surface area (Å²) in [5, 5.41) is 3.86. The van der Waals surface area contributed by atoms with Crippen LogP contribution < -0.4 is 5.73 Å².